The van der Waals surface area contributed by atoms with Crippen LogP contribution in [0.5, 0.6) is 5.75 Å². The van der Waals surface area contributed by atoms with Crippen LogP contribution in [0, 0.1) is 6.92 Å². The fourth-order valence-corrected chi connectivity index (χ4v) is 5.34. The minimum absolute atomic E-state index is 0.0985. The van der Waals surface area contributed by atoms with E-state index >= 15 is 0 Å². The fraction of sp³-hybridized carbons (Fsp3) is 0.240. The average Bonchev–Trinajstić information content (AvgIpc) is 2.75. The third-order valence-corrected chi connectivity index (χ3v) is 7.56. The molecule has 0 spiro atoms. The van der Waals surface area contributed by atoms with Gasteiger partial charge in [-0.05, 0) is 54.4 Å². The van der Waals surface area contributed by atoms with Crippen molar-refractivity contribution in [3.63, 3.8) is 0 Å². The van der Waals surface area contributed by atoms with Crippen LogP contribution in [0.2, 0.25) is 0 Å². The Balaban J connectivity index is 1.53. The van der Waals surface area contributed by atoms with Crippen molar-refractivity contribution in [2.75, 3.05) is 12.9 Å². The van der Waals surface area contributed by atoms with Gasteiger partial charge in [-0.25, -0.2) is 8.42 Å². The molecule has 6 heteroatoms. The maximum atomic E-state index is 12.7. The molecule has 0 N–H and O–H groups in total. The molecule has 0 fully saturated rings. The Bertz CT molecular complexity index is 1120. The monoisotopic (exact) mass is 454 g/mol. The van der Waals surface area contributed by atoms with Crippen molar-refractivity contribution in [1.29, 1.82) is 0 Å². The molecule has 0 unspecified atom stereocenters. The SMILES string of the molecule is COc1cccc(CS(=O)(=O)c2ccc(CC(=O)CCSc3ccc(C)cc3)cc2)c1. The zero-order valence-electron chi connectivity index (χ0n) is 17.7. The molecule has 0 aliphatic carbocycles. The van der Waals surface area contributed by atoms with E-state index in [9.17, 15) is 13.2 Å². The van der Waals surface area contributed by atoms with E-state index in [1.54, 1.807) is 67.4 Å². The number of hydrogen-bond donors (Lipinski definition) is 0. The summed E-state index contributed by atoms with van der Waals surface area (Å²) in [5, 5.41) is 0. The molecule has 0 aliphatic heterocycles. The second kappa shape index (κ2) is 10.6. The summed E-state index contributed by atoms with van der Waals surface area (Å²) in [5.74, 6) is 1.40. The lowest BCUT2D eigenvalue weighted by molar-refractivity contribution is -0.118. The third kappa shape index (κ3) is 6.97. The first-order valence-electron chi connectivity index (χ1n) is 10.0. The number of methoxy groups -OCH3 is 1. The van der Waals surface area contributed by atoms with Gasteiger partial charge in [-0.15, -0.1) is 11.8 Å². The van der Waals surface area contributed by atoms with Crippen LogP contribution in [0.1, 0.15) is 23.1 Å². The van der Waals surface area contributed by atoms with Crippen LogP contribution < -0.4 is 4.74 Å². The average molecular weight is 455 g/mol. The van der Waals surface area contributed by atoms with Gasteiger partial charge in [0.25, 0.3) is 0 Å². The first kappa shape index (κ1) is 23.1. The Morgan fingerprint density at radius 3 is 2.32 bits per heavy atom. The Labute approximate surface area is 188 Å². The smallest absolute Gasteiger partial charge is 0.182 e. The molecule has 3 aromatic carbocycles. The lowest BCUT2D eigenvalue weighted by Gasteiger charge is -2.08. The molecule has 0 aliphatic rings. The van der Waals surface area contributed by atoms with Gasteiger partial charge in [0, 0.05) is 23.5 Å². The summed E-state index contributed by atoms with van der Waals surface area (Å²) < 4.78 is 30.6. The third-order valence-electron chi connectivity index (χ3n) is 4.85. The van der Waals surface area contributed by atoms with Gasteiger partial charge in [0.15, 0.2) is 9.84 Å². The highest BCUT2D eigenvalue weighted by atomic mass is 32.2. The molecule has 0 saturated heterocycles. The van der Waals surface area contributed by atoms with Gasteiger partial charge in [0.2, 0.25) is 0 Å². The Morgan fingerprint density at radius 1 is 0.935 bits per heavy atom. The van der Waals surface area contributed by atoms with Gasteiger partial charge < -0.3 is 4.74 Å². The van der Waals surface area contributed by atoms with E-state index in [2.05, 4.69) is 24.3 Å². The molecule has 4 nitrogen and oxygen atoms in total. The maximum absolute atomic E-state index is 12.7. The van der Waals surface area contributed by atoms with Crippen LogP contribution in [-0.2, 0) is 26.8 Å². The van der Waals surface area contributed by atoms with Gasteiger partial charge >= 0.3 is 0 Å². The minimum atomic E-state index is -3.48. The van der Waals surface area contributed by atoms with Gasteiger partial charge in [0.1, 0.15) is 11.5 Å². The normalized spacial score (nSPS) is 11.3. The Morgan fingerprint density at radius 2 is 1.65 bits per heavy atom. The Hall–Kier alpha value is -2.57. The molecule has 0 saturated carbocycles. The highest BCUT2D eigenvalue weighted by Gasteiger charge is 2.16. The zero-order valence-corrected chi connectivity index (χ0v) is 19.3. The zero-order chi connectivity index (χ0) is 22.3. The number of sulfone groups is 1. The number of aryl methyl sites for hydroxylation is 1. The van der Waals surface area contributed by atoms with Crippen molar-refractivity contribution in [3.8, 4) is 5.75 Å². The summed E-state index contributed by atoms with van der Waals surface area (Å²) in [6, 6.07) is 21.9. The number of ether oxygens (including phenoxy) is 1. The van der Waals surface area contributed by atoms with Crippen LogP contribution >= 0.6 is 11.8 Å². The van der Waals surface area contributed by atoms with Crippen LogP contribution in [0.15, 0.2) is 82.6 Å². The Kier molecular flexibility index (Phi) is 7.93. The van der Waals surface area contributed by atoms with Gasteiger partial charge in [-0.3, -0.25) is 4.79 Å². The van der Waals surface area contributed by atoms with Crippen molar-refractivity contribution in [1.82, 2.24) is 0 Å². The summed E-state index contributed by atoms with van der Waals surface area (Å²) in [7, 11) is -1.92. The molecule has 3 rings (SSSR count). The summed E-state index contributed by atoms with van der Waals surface area (Å²) in [6.07, 6.45) is 0.791. The van der Waals surface area contributed by atoms with Crippen molar-refractivity contribution >= 4 is 27.4 Å². The standard InChI is InChI=1S/C25H26O4S2/c1-19-6-10-24(11-7-19)30-15-14-22(26)16-20-8-12-25(13-9-20)31(27,28)18-21-4-3-5-23(17-21)29-2/h3-13,17H,14-16,18H2,1-2H3. The number of carbonyl (C=O) groups excluding carboxylic acids is 1. The summed E-state index contributed by atoms with van der Waals surface area (Å²) in [6.45, 7) is 2.05. The van der Waals surface area contributed by atoms with Crippen molar-refractivity contribution in [3.05, 3.63) is 89.5 Å². The largest absolute Gasteiger partial charge is 0.497 e. The van der Waals surface area contributed by atoms with E-state index in [4.69, 9.17) is 4.74 Å². The van der Waals surface area contributed by atoms with E-state index in [1.165, 1.54) is 5.56 Å². The lowest BCUT2D eigenvalue weighted by atomic mass is 10.1. The van der Waals surface area contributed by atoms with E-state index < -0.39 is 9.84 Å². The molecular weight excluding hydrogens is 428 g/mol. The second-order valence-electron chi connectivity index (χ2n) is 7.38. The topological polar surface area (TPSA) is 60.4 Å². The van der Waals surface area contributed by atoms with Crippen LogP contribution in [0.3, 0.4) is 0 Å². The number of benzene rings is 3. The molecule has 3 aromatic rings. The van der Waals surface area contributed by atoms with Gasteiger partial charge in [0.05, 0.1) is 17.8 Å². The van der Waals surface area contributed by atoms with Crippen molar-refractivity contribution in [2.24, 2.45) is 0 Å². The minimum Gasteiger partial charge on any atom is -0.497 e. The maximum Gasteiger partial charge on any atom is 0.182 e. The predicted octanol–water partition coefficient (Wildman–Crippen LogP) is 5.27. The molecule has 162 valence electrons. The summed E-state index contributed by atoms with van der Waals surface area (Å²) >= 11 is 1.67. The first-order chi connectivity index (χ1) is 14.9. The molecule has 0 radical (unpaired) electrons. The lowest BCUT2D eigenvalue weighted by Crippen LogP contribution is -2.07. The highest BCUT2D eigenvalue weighted by molar-refractivity contribution is 7.99. The quantitative estimate of drug-likeness (QED) is 0.391. The first-order valence-corrected chi connectivity index (χ1v) is 12.7. The number of ketones is 1. The molecule has 0 atom stereocenters. The van der Waals surface area contributed by atoms with Crippen molar-refractivity contribution in [2.45, 2.75) is 35.3 Å². The summed E-state index contributed by atoms with van der Waals surface area (Å²) in [4.78, 5) is 13.7. The van der Waals surface area contributed by atoms with E-state index in [0.717, 1.165) is 16.2 Å². The predicted molar refractivity (Wildman–Crippen MR) is 126 cm³/mol. The van der Waals surface area contributed by atoms with Crippen LogP contribution in [0.4, 0.5) is 0 Å². The highest BCUT2D eigenvalue weighted by Crippen LogP contribution is 2.22. The molecule has 0 heterocycles. The van der Waals surface area contributed by atoms with E-state index in [0.29, 0.717) is 24.2 Å². The number of thioether (sulfide) groups is 1. The van der Waals surface area contributed by atoms with Crippen LogP contribution in [0.25, 0.3) is 0 Å². The van der Waals surface area contributed by atoms with Crippen LogP contribution in [-0.4, -0.2) is 27.1 Å². The second-order valence-corrected chi connectivity index (χ2v) is 10.5. The number of Topliss-reactive ketones (excluding diaryl/α,β-unsaturated/α-hetero) is 1. The molecule has 0 aromatic heterocycles. The van der Waals surface area contributed by atoms with Gasteiger partial charge in [-0.2, -0.15) is 0 Å². The molecular formula is C25H26O4S2. The van der Waals surface area contributed by atoms with E-state index in [-0.39, 0.29) is 16.4 Å². The number of carbonyl (C=O) groups is 1. The molecule has 31 heavy (non-hydrogen) atoms. The molecule has 0 amide bonds. The van der Waals surface area contributed by atoms with E-state index in [1.807, 2.05) is 6.92 Å². The van der Waals surface area contributed by atoms with Gasteiger partial charge in [-0.1, -0.05) is 42.0 Å². The summed E-state index contributed by atoms with van der Waals surface area (Å²) in [5.41, 5.74) is 2.71. The molecule has 0 bridgehead atoms. The number of hydrogen-bond acceptors (Lipinski definition) is 5. The van der Waals surface area contributed by atoms with Crippen molar-refractivity contribution < 1.29 is 17.9 Å². The number of rotatable bonds is 10. The fourth-order valence-electron chi connectivity index (χ4n) is 3.11.